The molecule has 1 saturated heterocycles. The lowest BCUT2D eigenvalue weighted by Crippen LogP contribution is -2.28. The van der Waals surface area contributed by atoms with Gasteiger partial charge in [-0.15, -0.1) is 0 Å². The summed E-state index contributed by atoms with van der Waals surface area (Å²) in [6.45, 7) is 0.480. The molecule has 0 spiro atoms. The summed E-state index contributed by atoms with van der Waals surface area (Å²) in [5.74, 6) is 0.501. The van der Waals surface area contributed by atoms with Crippen LogP contribution in [0, 0.1) is 5.92 Å². The van der Waals surface area contributed by atoms with E-state index in [1.54, 1.807) is 41.3 Å². The van der Waals surface area contributed by atoms with E-state index in [9.17, 15) is 9.59 Å². The van der Waals surface area contributed by atoms with Gasteiger partial charge in [-0.05, 0) is 24.3 Å². The summed E-state index contributed by atoms with van der Waals surface area (Å²) in [4.78, 5) is 28.8. The number of carbonyl (C=O) groups excluding carboxylic acids is 2. The molecule has 2 aromatic carbocycles. The highest BCUT2D eigenvalue weighted by molar-refractivity contribution is 6.34. The second kappa shape index (κ2) is 7.24. The van der Waals surface area contributed by atoms with E-state index in [0.717, 1.165) is 5.69 Å². The number of benzene rings is 2. The van der Waals surface area contributed by atoms with Gasteiger partial charge in [0.2, 0.25) is 18.6 Å². The molecule has 0 aliphatic carbocycles. The molecule has 0 saturated carbocycles. The number of halogens is 1. The Bertz CT molecular complexity index is 947. The van der Waals surface area contributed by atoms with Gasteiger partial charge in [-0.1, -0.05) is 17.7 Å². The number of ether oxygens (including phenoxy) is 2. The largest absolute Gasteiger partial charge is 0.454 e. The first kappa shape index (κ1) is 18.4. The predicted molar refractivity (Wildman–Crippen MR) is 107 cm³/mol. The molecule has 4 rings (SSSR count). The van der Waals surface area contributed by atoms with Crippen molar-refractivity contribution >= 4 is 40.5 Å². The highest BCUT2D eigenvalue weighted by Crippen LogP contribution is 2.38. The molecule has 1 fully saturated rings. The maximum atomic E-state index is 12.8. The second-order valence-electron chi connectivity index (χ2n) is 6.96. The monoisotopic (exact) mass is 401 g/mol. The number of carbonyl (C=O) groups is 2. The number of hydrogen-bond acceptors (Lipinski definition) is 5. The third-order valence-electron chi connectivity index (χ3n) is 4.86. The van der Waals surface area contributed by atoms with Crippen LogP contribution in [0.25, 0.3) is 0 Å². The van der Waals surface area contributed by atoms with Crippen LogP contribution in [0.5, 0.6) is 11.5 Å². The van der Waals surface area contributed by atoms with E-state index < -0.39 is 5.92 Å². The van der Waals surface area contributed by atoms with Crippen LogP contribution < -0.4 is 24.6 Å². The summed E-state index contributed by atoms with van der Waals surface area (Å²) < 4.78 is 10.7. The zero-order valence-electron chi connectivity index (χ0n) is 15.6. The number of fused-ring (bicyclic) bond motifs is 1. The lowest BCUT2D eigenvalue weighted by Gasteiger charge is -2.21. The molecule has 0 aromatic heterocycles. The van der Waals surface area contributed by atoms with Crippen molar-refractivity contribution in [2.75, 3.05) is 42.5 Å². The number of para-hydroxylation sites is 1. The molecule has 2 aliphatic heterocycles. The van der Waals surface area contributed by atoms with Crippen molar-refractivity contribution in [3.8, 4) is 11.5 Å². The molecule has 2 amide bonds. The van der Waals surface area contributed by atoms with E-state index in [0.29, 0.717) is 34.4 Å². The first-order valence-electron chi connectivity index (χ1n) is 8.91. The third kappa shape index (κ3) is 3.33. The number of hydrogen-bond donors (Lipinski definition) is 1. The molecule has 0 bridgehead atoms. The van der Waals surface area contributed by atoms with E-state index in [1.807, 2.05) is 19.0 Å². The van der Waals surface area contributed by atoms with Gasteiger partial charge in [0.1, 0.15) is 0 Å². The molecular formula is C20H20ClN3O4. The normalized spacial score (nSPS) is 17.8. The Hall–Kier alpha value is -2.93. The fraction of sp³-hybridized carbons (Fsp3) is 0.300. The molecule has 2 heterocycles. The van der Waals surface area contributed by atoms with Crippen LogP contribution in [0.3, 0.4) is 0 Å². The summed E-state index contributed by atoms with van der Waals surface area (Å²) >= 11 is 6.26. The molecule has 8 heteroatoms. The average Bonchev–Trinajstić information content (AvgIpc) is 3.27. The second-order valence-corrected chi connectivity index (χ2v) is 7.37. The van der Waals surface area contributed by atoms with E-state index in [1.165, 1.54) is 0 Å². The fourth-order valence-electron chi connectivity index (χ4n) is 3.49. The predicted octanol–water partition coefficient (Wildman–Crippen LogP) is 3.13. The minimum absolute atomic E-state index is 0.0991. The Balaban J connectivity index is 1.50. The van der Waals surface area contributed by atoms with Gasteiger partial charge in [-0.2, -0.15) is 0 Å². The SMILES string of the molecule is CN(C)c1c(Cl)cccc1NC(=O)[C@H]1CC(=O)N(c2ccc3c(c2)OCO3)C1. The minimum Gasteiger partial charge on any atom is -0.454 e. The Morgan fingerprint density at radius 1 is 1.21 bits per heavy atom. The average molecular weight is 402 g/mol. The molecule has 2 aliphatic rings. The molecular weight excluding hydrogens is 382 g/mol. The maximum Gasteiger partial charge on any atom is 0.231 e. The Labute approximate surface area is 167 Å². The zero-order valence-corrected chi connectivity index (χ0v) is 16.3. The van der Waals surface area contributed by atoms with Crippen molar-refractivity contribution in [3.63, 3.8) is 0 Å². The number of rotatable bonds is 4. The van der Waals surface area contributed by atoms with Crippen molar-refractivity contribution in [1.29, 1.82) is 0 Å². The van der Waals surface area contributed by atoms with Crippen molar-refractivity contribution in [2.45, 2.75) is 6.42 Å². The van der Waals surface area contributed by atoms with E-state index in [-0.39, 0.29) is 25.0 Å². The number of nitrogens with zero attached hydrogens (tertiary/aromatic N) is 2. The van der Waals surface area contributed by atoms with E-state index in [2.05, 4.69) is 5.32 Å². The van der Waals surface area contributed by atoms with Gasteiger partial charge >= 0.3 is 0 Å². The summed E-state index contributed by atoms with van der Waals surface area (Å²) in [6.07, 6.45) is 0.151. The number of nitrogens with one attached hydrogen (secondary N) is 1. The minimum atomic E-state index is -0.452. The molecule has 1 atom stereocenters. The van der Waals surface area contributed by atoms with Crippen LogP contribution in [-0.4, -0.2) is 39.2 Å². The summed E-state index contributed by atoms with van der Waals surface area (Å²) in [7, 11) is 3.72. The van der Waals surface area contributed by atoms with Crippen molar-refractivity contribution in [3.05, 3.63) is 41.4 Å². The Morgan fingerprint density at radius 3 is 2.79 bits per heavy atom. The summed E-state index contributed by atoms with van der Waals surface area (Å²) in [6, 6.07) is 10.7. The standard InChI is InChI=1S/C20H20ClN3O4/c1-23(2)19-14(21)4-3-5-15(19)22-20(26)12-8-18(25)24(10-12)13-6-7-16-17(9-13)28-11-27-16/h3-7,9,12H,8,10-11H2,1-2H3,(H,22,26)/t12-/m0/s1. The van der Waals surface area contributed by atoms with Crippen molar-refractivity contribution < 1.29 is 19.1 Å². The summed E-state index contributed by atoms with van der Waals surface area (Å²) in [5, 5.41) is 3.47. The van der Waals surface area contributed by atoms with Crippen LogP contribution in [0.15, 0.2) is 36.4 Å². The molecule has 0 radical (unpaired) electrons. The van der Waals surface area contributed by atoms with Crippen LogP contribution in [0.1, 0.15) is 6.42 Å². The van der Waals surface area contributed by atoms with Gasteiger partial charge in [-0.25, -0.2) is 0 Å². The first-order valence-corrected chi connectivity index (χ1v) is 9.28. The molecule has 146 valence electrons. The van der Waals surface area contributed by atoms with Crippen molar-refractivity contribution in [2.24, 2.45) is 5.92 Å². The van der Waals surface area contributed by atoms with Gasteiger partial charge in [0, 0.05) is 38.8 Å². The first-order chi connectivity index (χ1) is 13.4. The summed E-state index contributed by atoms with van der Waals surface area (Å²) in [5.41, 5.74) is 2.05. The maximum absolute atomic E-state index is 12.8. The number of amides is 2. The molecule has 28 heavy (non-hydrogen) atoms. The Morgan fingerprint density at radius 2 is 2.00 bits per heavy atom. The molecule has 0 unspecified atom stereocenters. The van der Waals surface area contributed by atoms with Crippen LogP contribution >= 0.6 is 11.6 Å². The van der Waals surface area contributed by atoms with E-state index >= 15 is 0 Å². The van der Waals surface area contributed by atoms with Gasteiger partial charge in [-0.3, -0.25) is 9.59 Å². The van der Waals surface area contributed by atoms with Crippen LogP contribution in [0.4, 0.5) is 17.1 Å². The molecule has 1 N–H and O–H groups in total. The molecule has 2 aromatic rings. The van der Waals surface area contributed by atoms with Crippen molar-refractivity contribution in [1.82, 2.24) is 0 Å². The Kier molecular flexibility index (Phi) is 4.77. The lowest BCUT2D eigenvalue weighted by molar-refractivity contribution is -0.122. The van der Waals surface area contributed by atoms with Gasteiger partial charge in [0.15, 0.2) is 11.5 Å². The van der Waals surface area contributed by atoms with Gasteiger partial charge in [0.05, 0.1) is 22.3 Å². The van der Waals surface area contributed by atoms with Crippen LogP contribution in [-0.2, 0) is 9.59 Å². The fourth-order valence-corrected chi connectivity index (χ4v) is 3.83. The highest BCUT2D eigenvalue weighted by atomic mass is 35.5. The smallest absolute Gasteiger partial charge is 0.231 e. The van der Waals surface area contributed by atoms with Gasteiger partial charge in [0.25, 0.3) is 0 Å². The highest BCUT2D eigenvalue weighted by Gasteiger charge is 2.36. The van der Waals surface area contributed by atoms with Crippen LogP contribution in [0.2, 0.25) is 5.02 Å². The zero-order chi connectivity index (χ0) is 19.8. The van der Waals surface area contributed by atoms with E-state index in [4.69, 9.17) is 21.1 Å². The third-order valence-corrected chi connectivity index (χ3v) is 5.16. The lowest BCUT2D eigenvalue weighted by atomic mass is 10.1. The molecule has 7 nitrogen and oxygen atoms in total. The topological polar surface area (TPSA) is 71.1 Å². The number of anilines is 3. The van der Waals surface area contributed by atoms with Gasteiger partial charge < -0.3 is 24.6 Å². The quantitative estimate of drug-likeness (QED) is 0.852.